The number of aromatic nitrogens is 4. The number of aryl methyl sites for hydroxylation is 1. The van der Waals surface area contributed by atoms with Gasteiger partial charge in [0.05, 0.1) is 6.20 Å². The van der Waals surface area contributed by atoms with E-state index in [1.165, 1.54) is 28.0 Å². The zero-order valence-corrected chi connectivity index (χ0v) is 12.7. The number of anilines is 1. The molecule has 120 valence electrons. The van der Waals surface area contributed by atoms with Crippen LogP contribution in [0.15, 0.2) is 28.6 Å². The van der Waals surface area contributed by atoms with Crippen LogP contribution in [-0.4, -0.2) is 25.1 Å². The number of halogens is 2. The summed E-state index contributed by atoms with van der Waals surface area (Å²) >= 11 is 1.29. The molecule has 0 aromatic carbocycles. The van der Waals surface area contributed by atoms with E-state index in [1.54, 1.807) is 18.5 Å². The lowest BCUT2D eigenvalue weighted by atomic mass is 10.4. The summed E-state index contributed by atoms with van der Waals surface area (Å²) < 4.78 is 27.6. The van der Waals surface area contributed by atoms with Gasteiger partial charge in [-0.15, -0.1) is 11.3 Å². The monoisotopic (exact) mass is 339 g/mol. The summed E-state index contributed by atoms with van der Waals surface area (Å²) in [6.07, 6.45) is 0.123. The van der Waals surface area contributed by atoms with Crippen LogP contribution in [0.25, 0.3) is 4.96 Å². The van der Waals surface area contributed by atoms with Crippen LogP contribution < -0.4 is 10.9 Å². The highest BCUT2D eigenvalue weighted by Crippen LogP contribution is 2.17. The van der Waals surface area contributed by atoms with Crippen LogP contribution in [0.4, 0.5) is 14.5 Å². The first kappa shape index (κ1) is 15.3. The molecule has 0 radical (unpaired) electrons. The zero-order valence-electron chi connectivity index (χ0n) is 11.9. The van der Waals surface area contributed by atoms with E-state index < -0.39 is 23.6 Å². The smallest absolute Gasteiger partial charge is 0.282 e. The molecule has 7 nitrogen and oxygen atoms in total. The third-order valence-electron chi connectivity index (χ3n) is 3.13. The highest BCUT2D eigenvalue weighted by Gasteiger charge is 2.16. The topological polar surface area (TPSA) is 81.3 Å². The van der Waals surface area contributed by atoms with Crippen molar-refractivity contribution in [3.05, 3.63) is 45.6 Å². The van der Waals surface area contributed by atoms with Crippen LogP contribution in [0, 0.1) is 6.92 Å². The first-order valence-corrected chi connectivity index (χ1v) is 7.41. The SMILES string of the molecule is Cc1cc(C(F)F)nn1CC(=O)Nc1cnc2sccn2c1=O. The Bertz CT molecular complexity index is 930. The van der Waals surface area contributed by atoms with Crippen molar-refractivity contribution in [3.8, 4) is 0 Å². The van der Waals surface area contributed by atoms with Gasteiger partial charge in [0, 0.05) is 17.3 Å². The maximum atomic E-state index is 12.6. The molecule has 3 aromatic rings. The van der Waals surface area contributed by atoms with Gasteiger partial charge in [-0.3, -0.25) is 18.7 Å². The van der Waals surface area contributed by atoms with E-state index in [1.807, 2.05) is 0 Å². The summed E-state index contributed by atoms with van der Waals surface area (Å²) in [6, 6.07) is 1.21. The maximum absolute atomic E-state index is 12.6. The van der Waals surface area contributed by atoms with Crippen molar-refractivity contribution in [1.82, 2.24) is 19.2 Å². The second-order valence-electron chi connectivity index (χ2n) is 4.75. The molecular formula is C13H11F2N5O2S. The second-order valence-corrected chi connectivity index (χ2v) is 5.62. The van der Waals surface area contributed by atoms with Crippen LogP contribution >= 0.6 is 11.3 Å². The lowest BCUT2D eigenvalue weighted by Crippen LogP contribution is -2.26. The van der Waals surface area contributed by atoms with Crippen LogP contribution in [-0.2, 0) is 11.3 Å². The number of carbonyl (C=O) groups excluding carboxylic acids is 1. The number of fused-ring (bicyclic) bond motifs is 1. The number of hydrogen-bond acceptors (Lipinski definition) is 5. The Morgan fingerprint density at radius 2 is 2.26 bits per heavy atom. The van der Waals surface area contributed by atoms with Crippen molar-refractivity contribution in [2.45, 2.75) is 19.9 Å². The van der Waals surface area contributed by atoms with E-state index in [0.717, 1.165) is 4.68 Å². The molecule has 0 saturated heterocycles. The van der Waals surface area contributed by atoms with Crippen molar-refractivity contribution in [1.29, 1.82) is 0 Å². The molecule has 0 aliphatic rings. The minimum atomic E-state index is -2.70. The normalized spacial score (nSPS) is 11.3. The quantitative estimate of drug-likeness (QED) is 0.786. The predicted octanol–water partition coefficient (Wildman–Crippen LogP) is 1.84. The van der Waals surface area contributed by atoms with E-state index in [-0.39, 0.29) is 12.2 Å². The van der Waals surface area contributed by atoms with E-state index >= 15 is 0 Å². The third kappa shape index (κ3) is 2.97. The summed E-state index contributed by atoms with van der Waals surface area (Å²) in [5, 5.41) is 7.79. The van der Waals surface area contributed by atoms with Gasteiger partial charge in [0.15, 0.2) is 4.96 Å². The Labute approximate surface area is 132 Å². The van der Waals surface area contributed by atoms with E-state index in [9.17, 15) is 18.4 Å². The first-order chi connectivity index (χ1) is 11.0. The molecule has 3 rings (SSSR count). The van der Waals surface area contributed by atoms with Gasteiger partial charge in [0.1, 0.15) is 17.9 Å². The Morgan fingerprint density at radius 1 is 1.48 bits per heavy atom. The van der Waals surface area contributed by atoms with Crippen LogP contribution in [0.5, 0.6) is 0 Å². The predicted molar refractivity (Wildman–Crippen MR) is 79.9 cm³/mol. The summed E-state index contributed by atoms with van der Waals surface area (Å²) in [5.41, 5.74) is -0.352. The Kier molecular flexibility index (Phi) is 3.90. The summed E-state index contributed by atoms with van der Waals surface area (Å²) in [5.74, 6) is -0.550. The molecule has 3 aromatic heterocycles. The van der Waals surface area contributed by atoms with E-state index in [2.05, 4.69) is 15.4 Å². The average molecular weight is 339 g/mol. The molecule has 0 fully saturated rings. The Hall–Kier alpha value is -2.62. The molecule has 0 spiro atoms. The van der Waals surface area contributed by atoms with Crippen molar-refractivity contribution >= 4 is 27.9 Å². The molecular weight excluding hydrogens is 328 g/mol. The van der Waals surface area contributed by atoms with Gasteiger partial charge in [0.2, 0.25) is 5.91 Å². The number of hydrogen-bond donors (Lipinski definition) is 1. The molecule has 3 heterocycles. The molecule has 0 bridgehead atoms. The standard InChI is InChI=1S/C13H11F2N5O2S/c1-7-4-8(11(14)15)18-20(7)6-10(21)17-9-5-16-13-19(12(9)22)2-3-23-13/h2-5,11H,6H2,1H3,(H,17,21). The fourth-order valence-electron chi connectivity index (χ4n) is 2.04. The lowest BCUT2D eigenvalue weighted by molar-refractivity contribution is -0.117. The van der Waals surface area contributed by atoms with Gasteiger partial charge in [-0.2, -0.15) is 5.10 Å². The zero-order chi connectivity index (χ0) is 16.6. The fraction of sp³-hybridized carbons (Fsp3) is 0.231. The highest BCUT2D eigenvalue weighted by atomic mass is 32.1. The van der Waals surface area contributed by atoms with Crippen molar-refractivity contribution < 1.29 is 13.6 Å². The number of thiazole rings is 1. The van der Waals surface area contributed by atoms with Gasteiger partial charge in [-0.25, -0.2) is 13.8 Å². The molecule has 0 aliphatic heterocycles. The minimum Gasteiger partial charge on any atom is -0.319 e. The lowest BCUT2D eigenvalue weighted by Gasteiger charge is -2.06. The van der Waals surface area contributed by atoms with Gasteiger partial charge >= 0.3 is 0 Å². The molecule has 0 unspecified atom stereocenters. The molecule has 0 atom stereocenters. The highest BCUT2D eigenvalue weighted by molar-refractivity contribution is 7.15. The van der Waals surface area contributed by atoms with Crippen LogP contribution in [0.1, 0.15) is 17.8 Å². The molecule has 0 saturated carbocycles. The largest absolute Gasteiger partial charge is 0.319 e. The number of alkyl halides is 2. The number of nitrogens with one attached hydrogen (secondary N) is 1. The van der Waals surface area contributed by atoms with Crippen molar-refractivity contribution in [2.75, 3.05) is 5.32 Å². The Balaban J connectivity index is 1.78. The molecule has 23 heavy (non-hydrogen) atoms. The van der Waals surface area contributed by atoms with Gasteiger partial charge in [0.25, 0.3) is 12.0 Å². The van der Waals surface area contributed by atoms with E-state index in [0.29, 0.717) is 10.7 Å². The van der Waals surface area contributed by atoms with E-state index in [4.69, 9.17) is 0 Å². The maximum Gasteiger partial charge on any atom is 0.282 e. The second kappa shape index (κ2) is 5.88. The number of nitrogens with zero attached hydrogens (tertiary/aromatic N) is 4. The van der Waals surface area contributed by atoms with Gasteiger partial charge < -0.3 is 5.32 Å². The average Bonchev–Trinajstić information content (AvgIpc) is 3.10. The summed E-state index contributed by atoms with van der Waals surface area (Å²) in [7, 11) is 0. The number of rotatable bonds is 4. The van der Waals surface area contributed by atoms with Gasteiger partial charge in [-0.05, 0) is 13.0 Å². The fourth-order valence-corrected chi connectivity index (χ4v) is 2.71. The minimum absolute atomic E-state index is 0.0183. The van der Waals surface area contributed by atoms with Crippen LogP contribution in [0.3, 0.4) is 0 Å². The molecule has 1 amide bonds. The third-order valence-corrected chi connectivity index (χ3v) is 3.90. The van der Waals surface area contributed by atoms with Crippen LogP contribution in [0.2, 0.25) is 0 Å². The number of amides is 1. The van der Waals surface area contributed by atoms with Crippen molar-refractivity contribution in [2.24, 2.45) is 0 Å². The first-order valence-electron chi connectivity index (χ1n) is 6.53. The number of carbonyl (C=O) groups is 1. The van der Waals surface area contributed by atoms with Crippen molar-refractivity contribution in [3.63, 3.8) is 0 Å². The van der Waals surface area contributed by atoms with Gasteiger partial charge in [-0.1, -0.05) is 0 Å². The molecule has 10 heteroatoms. The Morgan fingerprint density at radius 3 is 2.96 bits per heavy atom. The molecule has 0 aliphatic carbocycles. The molecule has 1 N–H and O–H groups in total. The summed E-state index contributed by atoms with van der Waals surface area (Å²) in [4.78, 5) is 28.7. The summed E-state index contributed by atoms with van der Waals surface area (Å²) in [6.45, 7) is 1.30.